The van der Waals surface area contributed by atoms with Crippen LogP contribution in [0, 0.1) is 0 Å². The van der Waals surface area contributed by atoms with E-state index < -0.39 is 0 Å². The summed E-state index contributed by atoms with van der Waals surface area (Å²) in [5, 5.41) is 6.90. The summed E-state index contributed by atoms with van der Waals surface area (Å²) in [6, 6.07) is 8.28. The molecule has 1 aromatic heterocycles. The SMILES string of the molecule is CCCCn1c(SC(C)C(=O)N2CCc3ccccc3C2)n[nH]c1=O. The van der Waals surface area contributed by atoms with E-state index >= 15 is 0 Å². The normalized spacial score (nSPS) is 15.0. The molecule has 2 heterocycles. The third-order valence-electron chi connectivity index (χ3n) is 4.53. The van der Waals surface area contributed by atoms with Gasteiger partial charge in [0.1, 0.15) is 0 Å². The molecule has 7 heteroatoms. The van der Waals surface area contributed by atoms with Crippen LogP contribution in [-0.4, -0.2) is 37.4 Å². The summed E-state index contributed by atoms with van der Waals surface area (Å²) in [5.41, 5.74) is 2.34. The van der Waals surface area contributed by atoms with Gasteiger partial charge in [-0.25, -0.2) is 9.89 Å². The molecule has 25 heavy (non-hydrogen) atoms. The summed E-state index contributed by atoms with van der Waals surface area (Å²) in [5.74, 6) is 0.0944. The highest BCUT2D eigenvalue weighted by molar-refractivity contribution is 8.00. The van der Waals surface area contributed by atoms with Crippen LogP contribution >= 0.6 is 11.8 Å². The number of nitrogens with one attached hydrogen (secondary N) is 1. The second kappa shape index (κ2) is 7.91. The van der Waals surface area contributed by atoms with Crippen LogP contribution in [0.4, 0.5) is 0 Å². The van der Waals surface area contributed by atoms with Crippen LogP contribution in [0.1, 0.15) is 37.8 Å². The van der Waals surface area contributed by atoms with Gasteiger partial charge in [-0.05, 0) is 30.9 Å². The highest BCUT2D eigenvalue weighted by Crippen LogP contribution is 2.25. The van der Waals surface area contributed by atoms with Crippen LogP contribution in [0.5, 0.6) is 0 Å². The first kappa shape index (κ1) is 17.8. The topological polar surface area (TPSA) is 71.0 Å². The van der Waals surface area contributed by atoms with Crippen LogP contribution in [0.15, 0.2) is 34.2 Å². The van der Waals surface area contributed by atoms with Crippen molar-refractivity contribution in [3.63, 3.8) is 0 Å². The Labute approximate surface area is 151 Å². The largest absolute Gasteiger partial charge is 0.343 e. The van der Waals surface area contributed by atoms with E-state index in [0.29, 0.717) is 18.2 Å². The maximum atomic E-state index is 12.8. The third-order valence-corrected chi connectivity index (χ3v) is 5.61. The number of thioether (sulfide) groups is 1. The molecule has 1 unspecified atom stereocenters. The molecule has 0 saturated carbocycles. The van der Waals surface area contributed by atoms with Gasteiger partial charge in [0.25, 0.3) is 0 Å². The number of hydrogen-bond acceptors (Lipinski definition) is 4. The van der Waals surface area contributed by atoms with E-state index in [1.54, 1.807) is 4.57 Å². The minimum Gasteiger partial charge on any atom is -0.337 e. The molecular formula is C18H24N4O2S. The molecule has 1 aliphatic rings. The van der Waals surface area contributed by atoms with Crippen molar-refractivity contribution in [1.29, 1.82) is 0 Å². The van der Waals surface area contributed by atoms with Crippen molar-refractivity contribution in [1.82, 2.24) is 19.7 Å². The Morgan fingerprint density at radius 3 is 2.88 bits per heavy atom. The van der Waals surface area contributed by atoms with E-state index in [9.17, 15) is 9.59 Å². The number of nitrogens with zero attached hydrogens (tertiary/aromatic N) is 3. The molecule has 1 atom stereocenters. The molecule has 0 fully saturated rings. The molecule has 1 amide bonds. The smallest absolute Gasteiger partial charge is 0.337 e. The monoisotopic (exact) mass is 360 g/mol. The number of carbonyl (C=O) groups is 1. The Bertz CT molecular complexity index is 798. The van der Waals surface area contributed by atoms with Crippen LogP contribution < -0.4 is 5.69 Å². The van der Waals surface area contributed by atoms with Gasteiger partial charge in [-0.15, -0.1) is 5.10 Å². The van der Waals surface area contributed by atoms with Crippen LogP contribution in [-0.2, 0) is 24.3 Å². The van der Waals surface area contributed by atoms with E-state index in [4.69, 9.17) is 0 Å². The molecule has 0 aliphatic carbocycles. The third kappa shape index (κ3) is 3.98. The van der Waals surface area contributed by atoms with Gasteiger partial charge in [-0.2, -0.15) is 0 Å². The summed E-state index contributed by atoms with van der Waals surface area (Å²) in [6.07, 6.45) is 2.81. The van der Waals surface area contributed by atoms with E-state index in [1.165, 1.54) is 22.9 Å². The number of hydrogen-bond donors (Lipinski definition) is 1. The van der Waals surface area contributed by atoms with E-state index in [1.807, 2.05) is 24.0 Å². The number of fused-ring (bicyclic) bond motifs is 1. The molecule has 0 saturated heterocycles. The summed E-state index contributed by atoms with van der Waals surface area (Å²) in [6.45, 7) is 5.99. The zero-order valence-corrected chi connectivity index (χ0v) is 15.5. The average molecular weight is 360 g/mol. The fraction of sp³-hybridized carbons (Fsp3) is 0.500. The first-order chi connectivity index (χ1) is 12.1. The Kier molecular flexibility index (Phi) is 5.63. The fourth-order valence-corrected chi connectivity index (χ4v) is 4.02. The maximum Gasteiger partial charge on any atom is 0.343 e. The van der Waals surface area contributed by atoms with Gasteiger partial charge < -0.3 is 4.90 Å². The fourth-order valence-electron chi connectivity index (χ4n) is 3.06. The minimum atomic E-state index is -0.277. The maximum absolute atomic E-state index is 12.8. The molecule has 0 spiro atoms. The van der Waals surface area contributed by atoms with Crippen molar-refractivity contribution in [3.8, 4) is 0 Å². The summed E-state index contributed by atoms with van der Waals surface area (Å²) in [7, 11) is 0. The molecule has 3 rings (SSSR count). The number of benzene rings is 1. The van der Waals surface area contributed by atoms with Crippen molar-refractivity contribution >= 4 is 17.7 Å². The average Bonchev–Trinajstić information content (AvgIpc) is 2.98. The summed E-state index contributed by atoms with van der Waals surface area (Å²) >= 11 is 1.35. The number of amides is 1. The number of rotatable bonds is 6. The predicted octanol–water partition coefficient (Wildman–Crippen LogP) is 2.44. The first-order valence-corrected chi connectivity index (χ1v) is 9.65. The lowest BCUT2D eigenvalue weighted by molar-refractivity contribution is -0.131. The highest BCUT2D eigenvalue weighted by atomic mass is 32.2. The molecule has 6 nitrogen and oxygen atoms in total. The minimum absolute atomic E-state index is 0.0944. The number of unbranched alkanes of at least 4 members (excludes halogenated alkanes) is 1. The Morgan fingerprint density at radius 1 is 1.36 bits per heavy atom. The Morgan fingerprint density at radius 2 is 2.12 bits per heavy atom. The first-order valence-electron chi connectivity index (χ1n) is 8.77. The lowest BCUT2D eigenvalue weighted by Crippen LogP contribution is -2.40. The van der Waals surface area contributed by atoms with Gasteiger partial charge in [0.15, 0.2) is 5.16 Å². The molecule has 0 radical (unpaired) electrons. The Balaban J connectivity index is 1.67. The van der Waals surface area contributed by atoms with Gasteiger partial charge in [-0.1, -0.05) is 49.4 Å². The van der Waals surface area contributed by atoms with Gasteiger partial charge in [0.2, 0.25) is 5.91 Å². The molecule has 1 aromatic carbocycles. The van der Waals surface area contributed by atoms with Crippen LogP contribution in [0.2, 0.25) is 0 Å². The zero-order valence-electron chi connectivity index (χ0n) is 14.7. The lowest BCUT2D eigenvalue weighted by atomic mass is 10.00. The molecule has 134 valence electrons. The number of carbonyl (C=O) groups excluding carboxylic acids is 1. The standard InChI is InChI=1S/C18H24N4O2S/c1-3-4-10-22-17(24)19-20-18(22)25-13(2)16(23)21-11-9-14-7-5-6-8-15(14)12-21/h5-8,13H,3-4,9-12H2,1-2H3,(H,19,24). The second-order valence-electron chi connectivity index (χ2n) is 6.36. The molecule has 0 bridgehead atoms. The van der Waals surface area contributed by atoms with E-state index in [2.05, 4.69) is 29.3 Å². The quantitative estimate of drug-likeness (QED) is 0.803. The molecule has 1 N–H and O–H groups in total. The van der Waals surface area contributed by atoms with Gasteiger partial charge in [-0.3, -0.25) is 9.36 Å². The number of H-pyrrole nitrogens is 1. The summed E-state index contributed by atoms with van der Waals surface area (Å²) < 4.78 is 1.63. The van der Waals surface area contributed by atoms with Gasteiger partial charge in [0.05, 0.1) is 5.25 Å². The zero-order chi connectivity index (χ0) is 17.8. The second-order valence-corrected chi connectivity index (χ2v) is 7.66. The number of aromatic amines is 1. The lowest BCUT2D eigenvalue weighted by Gasteiger charge is -2.30. The van der Waals surface area contributed by atoms with Crippen molar-refractivity contribution < 1.29 is 4.79 Å². The number of aromatic nitrogens is 3. The van der Waals surface area contributed by atoms with Crippen molar-refractivity contribution in [3.05, 3.63) is 45.9 Å². The van der Waals surface area contributed by atoms with Crippen molar-refractivity contribution in [2.45, 2.75) is 56.6 Å². The van der Waals surface area contributed by atoms with E-state index in [-0.39, 0.29) is 16.8 Å². The molecule has 1 aliphatic heterocycles. The predicted molar refractivity (Wildman–Crippen MR) is 98.6 cm³/mol. The van der Waals surface area contributed by atoms with E-state index in [0.717, 1.165) is 25.8 Å². The van der Waals surface area contributed by atoms with Crippen LogP contribution in [0.25, 0.3) is 0 Å². The Hall–Kier alpha value is -2.02. The van der Waals surface area contributed by atoms with Crippen molar-refractivity contribution in [2.75, 3.05) is 6.54 Å². The summed E-state index contributed by atoms with van der Waals surface area (Å²) in [4.78, 5) is 26.6. The van der Waals surface area contributed by atoms with Crippen molar-refractivity contribution in [2.24, 2.45) is 0 Å². The van der Waals surface area contributed by atoms with Gasteiger partial charge >= 0.3 is 5.69 Å². The molecular weight excluding hydrogens is 336 g/mol. The van der Waals surface area contributed by atoms with Gasteiger partial charge in [0, 0.05) is 19.6 Å². The molecule has 2 aromatic rings. The highest BCUT2D eigenvalue weighted by Gasteiger charge is 2.26. The van der Waals surface area contributed by atoms with Crippen LogP contribution in [0.3, 0.4) is 0 Å².